The lowest BCUT2D eigenvalue weighted by Gasteiger charge is -2.49. The summed E-state index contributed by atoms with van der Waals surface area (Å²) in [5, 5.41) is 16.5. The molecule has 1 amide bonds. The molecule has 7 rings (SSSR count). The molecule has 8 nitrogen and oxygen atoms in total. The molecule has 0 bridgehead atoms. The Balaban J connectivity index is 1.27. The monoisotopic (exact) mass is 576 g/mol. The molecule has 2 aliphatic heterocycles. The number of thioether (sulfide) groups is 1. The lowest BCUT2D eigenvalue weighted by molar-refractivity contribution is -0.150. The molecule has 5 aromatic rings. The van der Waals surface area contributed by atoms with E-state index in [1.807, 2.05) is 42.2 Å². The smallest absolute Gasteiger partial charge is 0.244 e. The first-order valence-corrected chi connectivity index (χ1v) is 15.0. The van der Waals surface area contributed by atoms with E-state index in [-0.39, 0.29) is 22.1 Å². The average Bonchev–Trinajstić information content (AvgIpc) is 3.71. The number of nitrogens with one attached hydrogen (secondary N) is 1. The summed E-state index contributed by atoms with van der Waals surface area (Å²) in [7, 11) is 0. The highest BCUT2D eigenvalue weighted by Gasteiger charge is 2.64. The van der Waals surface area contributed by atoms with Gasteiger partial charge in [-0.25, -0.2) is 4.68 Å². The van der Waals surface area contributed by atoms with Crippen molar-refractivity contribution in [2.75, 3.05) is 0 Å². The first-order chi connectivity index (χ1) is 20.4. The zero-order valence-corrected chi connectivity index (χ0v) is 24.5. The van der Waals surface area contributed by atoms with Crippen LogP contribution in [0.5, 0.6) is 0 Å². The van der Waals surface area contributed by atoms with Gasteiger partial charge in [-0.3, -0.25) is 10.1 Å². The van der Waals surface area contributed by atoms with Crippen molar-refractivity contribution >= 4 is 17.7 Å². The van der Waals surface area contributed by atoms with Crippen LogP contribution in [-0.2, 0) is 16.9 Å². The van der Waals surface area contributed by atoms with E-state index in [2.05, 4.69) is 107 Å². The third kappa shape index (κ3) is 4.26. The van der Waals surface area contributed by atoms with E-state index in [0.29, 0.717) is 12.4 Å². The van der Waals surface area contributed by atoms with Crippen LogP contribution in [0.3, 0.4) is 0 Å². The van der Waals surface area contributed by atoms with E-state index in [4.69, 9.17) is 4.42 Å². The van der Waals surface area contributed by atoms with Crippen LogP contribution in [0.1, 0.15) is 53.9 Å². The fourth-order valence-electron chi connectivity index (χ4n) is 6.45. The summed E-state index contributed by atoms with van der Waals surface area (Å²) < 4.78 is 7.23. The molecule has 3 aromatic carbocycles. The van der Waals surface area contributed by atoms with Gasteiger partial charge in [0.1, 0.15) is 35.5 Å². The van der Waals surface area contributed by atoms with Crippen LogP contribution in [0.15, 0.2) is 108 Å². The maximum Gasteiger partial charge on any atom is 0.244 e. The van der Waals surface area contributed by atoms with Gasteiger partial charge in [0.25, 0.3) is 0 Å². The number of fused-ring (bicyclic) bond motifs is 1. The second-order valence-corrected chi connectivity index (χ2v) is 13.2. The summed E-state index contributed by atoms with van der Waals surface area (Å²) in [6.07, 6.45) is 0. The van der Waals surface area contributed by atoms with E-state index in [0.717, 1.165) is 28.2 Å². The minimum atomic E-state index is -0.738. The van der Waals surface area contributed by atoms with Crippen molar-refractivity contribution in [1.29, 1.82) is 0 Å². The van der Waals surface area contributed by atoms with Gasteiger partial charge in [-0.15, -0.1) is 16.9 Å². The van der Waals surface area contributed by atoms with Crippen molar-refractivity contribution < 1.29 is 9.21 Å². The van der Waals surface area contributed by atoms with Gasteiger partial charge in [-0.05, 0) is 60.0 Å². The number of nitrogens with zero attached hydrogens (tertiary/aromatic N) is 5. The molecule has 1 N–H and O–H groups in total. The van der Waals surface area contributed by atoms with E-state index >= 15 is 0 Å². The van der Waals surface area contributed by atoms with Gasteiger partial charge in [0.05, 0.1) is 5.54 Å². The van der Waals surface area contributed by atoms with Crippen molar-refractivity contribution in [1.82, 2.24) is 30.4 Å². The summed E-state index contributed by atoms with van der Waals surface area (Å²) >= 11 is 1.79. The van der Waals surface area contributed by atoms with Gasteiger partial charge in [0.15, 0.2) is 5.82 Å². The fourth-order valence-corrected chi connectivity index (χ4v) is 8.08. The maximum atomic E-state index is 14.2. The van der Waals surface area contributed by atoms with Crippen LogP contribution in [0.4, 0.5) is 0 Å². The van der Waals surface area contributed by atoms with Crippen LogP contribution in [0, 0.1) is 6.92 Å². The number of carbonyl (C=O) groups excluding carboxylic acids is 1. The number of hydrogen-bond donors (Lipinski definition) is 1. The number of rotatable bonds is 8. The molecule has 2 fully saturated rings. The molecule has 0 saturated carbocycles. The molecule has 2 aliphatic rings. The third-order valence-corrected chi connectivity index (χ3v) is 9.91. The topological polar surface area (TPSA) is 89.1 Å². The number of aryl methyl sites for hydroxylation is 1. The summed E-state index contributed by atoms with van der Waals surface area (Å²) in [5.74, 6) is 2.31. The largest absolute Gasteiger partial charge is 0.464 e. The van der Waals surface area contributed by atoms with Crippen LogP contribution in [-0.4, -0.2) is 47.2 Å². The summed E-state index contributed by atoms with van der Waals surface area (Å²) in [6.45, 7) is 6.65. The van der Waals surface area contributed by atoms with E-state index in [1.54, 1.807) is 16.4 Å². The Labute approximate surface area is 249 Å². The quantitative estimate of drug-likeness (QED) is 0.198. The third-order valence-electron chi connectivity index (χ3n) is 8.34. The predicted octanol–water partition coefficient (Wildman–Crippen LogP) is 5.31. The molecule has 0 spiro atoms. The number of amides is 1. The molecule has 9 heteroatoms. The van der Waals surface area contributed by atoms with Gasteiger partial charge >= 0.3 is 0 Å². The molecule has 2 unspecified atom stereocenters. The highest BCUT2D eigenvalue weighted by molar-refractivity contribution is 8.01. The molecule has 0 aliphatic carbocycles. The summed E-state index contributed by atoms with van der Waals surface area (Å²) in [6, 6.07) is 34.3. The molecule has 4 heterocycles. The number of hydrogen-bond acceptors (Lipinski definition) is 7. The lowest BCUT2D eigenvalue weighted by atomic mass is 9.76. The van der Waals surface area contributed by atoms with Crippen molar-refractivity contribution in [3.8, 4) is 0 Å². The Morgan fingerprint density at radius 1 is 0.881 bits per heavy atom. The zero-order chi connectivity index (χ0) is 28.9. The Morgan fingerprint density at radius 3 is 1.98 bits per heavy atom. The minimum Gasteiger partial charge on any atom is -0.464 e. The van der Waals surface area contributed by atoms with Crippen LogP contribution >= 0.6 is 11.8 Å². The van der Waals surface area contributed by atoms with Crippen molar-refractivity contribution in [2.24, 2.45) is 0 Å². The van der Waals surface area contributed by atoms with Gasteiger partial charge in [-0.1, -0.05) is 91.0 Å². The second kappa shape index (κ2) is 10.3. The lowest BCUT2D eigenvalue weighted by Crippen LogP contribution is -2.70. The van der Waals surface area contributed by atoms with Crippen LogP contribution in [0.2, 0.25) is 0 Å². The fraction of sp³-hybridized carbons (Fsp3) is 0.273. The zero-order valence-electron chi connectivity index (χ0n) is 23.7. The Bertz CT molecular complexity index is 1610. The van der Waals surface area contributed by atoms with Gasteiger partial charge in [0.2, 0.25) is 5.91 Å². The van der Waals surface area contributed by atoms with E-state index in [1.165, 1.54) is 0 Å². The molecule has 3 atom stereocenters. The molecule has 2 saturated heterocycles. The first-order valence-electron chi connectivity index (χ1n) is 14.1. The number of carbonyl (C=O) groups is 1. The van der Waals surface area contributed by atoms with Crippen molar-refractivity contribution in [3.63, 3.8) is 0 Å². The van der Waals surface area contributed by atoms with Crippen molar-refractivity contribution in [3.05, 3.63) is 137 Å². The molecular weight excluding hydrogens is 544 g/mol. The highest BCUT2D eigenvalue weighted by atomic mass is 32.2. The first kappa shape index (κ1) is 26.7. The number of β-lactam (4-membered cyclic amide) rings is 1. The molecule has 2 aromatic heterocycles. The molecule has 212 valence electrons. The Hall–Kier alpha value is -4.21. The highest BCUT2D eigenvalue weighted by Crippen LogP contribution is 2.57. The van der Waals surface area contributed by atoms with Gasteiger partial charge < -0.3 is 9.32 Å². The van der Waals surface area contributed by atoms with Gasteiger partial charge in [0, 0.05) is 4.75 Å². The Morgan fingerprint density at radius 2 is 1.45 bits per heavy atom. The van der Waals surface area contributed by atoms with Crippen LogP contribution in [0.25, 0.3) is 0 Å². The standard InChI is InChI=1S/C33H32N6O2S/c1-22-19-20-26(41-22)21-38-29(35-36-37-38)28-32(2,3)42-31-27(30(40)39(28)31)34-33(23-13-7-4-8-14-23,24-15-9-5-10-16-24)25-17-11-6-12-18-25/h4-20,27-28,31,34H,21H2,1-3H3/t27?,28?,31-/m0/s1. The number of aromatic nitrogens is 4. The van der Waals surface area contributed by atoms with Gasteiger partial charge in [-0.2, -0.15) is 0 Å². The number of tetrazole rings is 1. The normalized spacial score (nSPS) is 21.3. The predicted molar refractivity (Wildman–Crippen MR) is 162 cm³/mol. The number of furan rings is 1. The molecule has 42 heavy (non-hydrogen) atoms. The average molecular weight is 577 g/mol. The summed E-state index contributed by atoms with van der Waals surface area (Å²) in [4.78, 5) is 16.2. The van der Waals surface area contributed by atoms with Crippen molar-refractivity contribution in [2.45, 2.75) is 55.1 Å². The summed E-state index contributed by atoms with van der Waals surface area (Å²) in [5.41, 5.74) is 2.48. The maximum absolute atomic E-state index is 14.2. The SMILES string of the molecule is Cc1ccc(Cn2nnnc2C2N3C(=O)C(NC(c4ccccc4)(c4ccccc4)c4ccccc4)[C@@H]3SC2(C)C)o1. The number of benzene rings is 3. The molecular formula is C33H32N6O2S. The van der Waals surface area contributed by atoms with E-state index < -0.39 is 11.6 Å². The Kier molecular flexibility index (Phi) is 6.51. The van der Waals surface area contributed by atoms with Crippen LogP contribution < -0.4 is 5.32 Å². The minimum absolute atomic E-state index is 0.0404. The second-order valence-electron chi connectivity index (χ2n) is 11.4. The van der Waals surface area contributed by atoms with E-state index in [9.17, 15) is 4.79 Å². The molecule has 0 radical (unpaired) electrons.